The predicted molar refractivity (Wildman–Crippen MR) is 167 cm³/mol. The molecule has 0 aliphatic carbocycles. The Bertz CT molecular complexity index is 1730. The summed E-state index contributed by atoms with van der Waals surface area (Å²) in [5, 5.41) is 5.66. The third kappa shape index (κ3) is 5.00. The van der Waals surface area contributed by atoms with Crippen LogP contribution in [0.2, 0.25) is 0 Å². The molecule has 3 nitrogen and oxygen atoms in total. The van der Waals surface area contributed by atoms with E-state index in [9.17, 15) is 0 Å². The van der Waals surface area contributed by atoms with Crippen LogP contribution in [0.5, 0.6) is 0 Å². The van der Waals surface area contributed by atoms with Gasteiger partial charge in [0.1, 0.15) is 0 Å². The van der Waals surface area contributed by atoms with E-state index in [1.165, 1.54) is 22.5 Å². The van der Waals surface area contributed by atoms with Crippen LogP contribution in [-0.4, -0.2) is 16.5 Å². The average molecular weight is 514 g/mol. The van der Waals surface area contributed by atoms with Crippen molar-refractivity contribution in [3.05, 3.63) is 126 Å². The second-order valence-corrected chi connectivity index (χ2v) is 10.3. The van der Waals surface area contributed by atoms with Crippen molar-refractivity contribution in [1.29, 1.82) is 0 Å². The Balaban J connectivity index is 1.67. The SMILES string of the molecule is C=C(/C=C\CC)SC(=C)C(=C)N(CC)c1nc(-c2ccc3ccccc3c2)c2ccc3ccccc3c2n1. The highest BCUT2D eigenvalue weighted by atomic mass is 32.2. The first-order valence-corrected chi connectivity index (χ1v) is 13.7. The molecule has 38 heavy (non-hydrogen) atoms. The molecule has 0 saturated carbocycles. The van der Waals surface area contributed by atoms with E-state index in [4.69, 9.17) is 9.97 Å². The van der Waals surface area contributed by atoms with Gasteiger partial charge in [-0.3, -0.25) is 0 Å². The summed E-state index contributed by atoms with van der Waals surface area (Å²) in [5.41, 5.74) is 3.66. The van der Waals surface area contributed by atoms with Gasteiger partial charge in [-0.1, -0.05) is 117 Å². The average Bonchev–Trinajstić information content (AvgIpc) is 2.95. The molecule has 0 bridgehead atoms. The Kier molecular flexibility index (Phi) is 7.43. The molecule has 0 aliphatic heterocycles. The fourth-order valence-corrected chi connectivity index (χ4v) is 5.34. The number of allylic oxidation sites excluding steroid dienone is 2. The highest BCUT2D eigenvalue weighted by molar-refractivity contribution is 8.07. The molecule has 0 spiro atoms. The lowest BCUT2D eigenvalue weighted by atomic mass is 10.00. The van der Waals surface area contributed by atoms with Gasteiger partial charge >= 0.3 is 0 Å². The van der Waals surface area contributed by atoms with Crippen molar-refractivity contribution >= 4 is 50.2 Å². The lowest BCUT2D eigenvalue weighted by Gasteiger charge is -2.25. The highest BCUT2D eigenvalue weighted by Gasteiger charge is 2.19. The van der Waals surface area contributed by atoms with Crippen molar-refractivity contribution in [1.82, 2.24) is 9.97 Å². The minimum Gasteiger partial charge on any atom is -0.310 e. The van der Waals surface area contributed by atoms with Crippen molar-refractivity contribution in [2.24, 2.45) is 0 Å². The quantitative estimate of drug-likeness (QED) is 0.145. The highest BCUT2D eigenvalue weighted by Crippen LogP contribution is 2.36. The number of rotatable bonds is 9. The van der Waals surface area contributed by atoms with E-state index >= 15 is 0 Å². The first-order chi connectivity index (χ1) is 18.5. The molecule has 1 heterocycles. The van der Waals surface area contributed by atoms with Crippen LogP contribution in [0.15, 0.2) is 126 Å². The molecule has 0 N–H and O–H groups in total. The Morgan fingerprint density at radius 2 is 1.53 bits per heavy atom. The molecule has 0 unspecified atom stereocenters. The van der Waals surface area contributed by atoms with Gasteiger partial charge in [-0.25, -0.2) is 9.97 Å². The Morgan fingerprint density at radius 3 is 2.29 bits per heavy atom. The molecule has 1 aromatic heterocycles. The fourth-order valence-electron chi connectivity index (χ4n) is 4.63. The van der Waals surface area contributed by atoms with Crippen molar-refractivity contribution in [2.75, 3.05) is 11.4 Å². The van der Waals surface area contributed by atoms with E-state index in [0.29, 0.717) is 12.5 Å². The van der Waals surface area contributed by atoms with Crippen molar-refractivity contribution in [3.8, 4) is 11.3 Å². The molecule has 0 radical (unpaired) electrons. The number of anilines is 1. The van der Waals surface area contributed by atoms with Crippen molar-refractivity contribution in [2.45, 2.75) is 20.3 Å². The Labute approximate surface area is 228 Å². The lowest BCUT2D eigenvalue weighted by Crippen LogP contribution is -2.24. The van der Waals surface area contributed by atoms with Crippen LogP contribution in [-0.2, 0) is 0 Å². The molecular weight excluding hydrogens is 482 g/mol. The summed E-state index contributed by atoms with van der Waals surface area (Å²) in [6.07, 6.45) is 5.08. The number of hydrogen-bond acceptors (Lipinski definition) is 4. The summed E-state index contributed by atoms with van der Waals surface area (Å²) in [5.74, 6) is 0.612. The summed E-state index contributed by atoms with van der Waals surface area (Å²) < 4.78 is 0. The van der Waals surface area contributed by atoms with E-state index in [-0.39, 0.29) is 0 Å². The standard InChI is InChI=1S/C34H31N3S/c1-6-8-13-23(3)38-25(5)24(4)37(7-2)34-35-32(29-19-18-26-14-9-10-16-28(26)22-29)31-21-20-27-15-11-12-17-30(27)33(31)36-34/h8-22H,3-7H2,1-2H3/b13-8-. The molecule has 4 heteroatoms. The predicted octanol–water partition coefficient (Wildman–Crippen LogP) is 9.67. The maximum atomic E-state index is 5.16. The van der Waals surface area contributed by atoms with Crippen LogP contribution in [0.4, 0.5) is 5.95 Å². The lowest BCUT2D eigenvalue weighted by molar-refractivity contribution is 0.923. The number of likely N-dealkylation sites (N-methyl/N-ethyl adjacent to an activating group) is 1. The smallest absolute Gasteiger partial charge is 0.231 e. The minimum atomic E-state index is 0.612. The zero-order chi connectivity index (χ0) is 26.6. The molecule has 0 saturated heterocycles. The van der Waals surface area contributed by atoms with Crippen LogP contribution < -0.4 is 4.90 Å². The monoisotopic (exact) mass is 513 g/mol. The molecule has 0 aliphatic rings. The second kappa shape index (κ2) is 11.1. The molecule has 0 amide bonds. The number of benzene rings is 4. The summed E-state index contributed by atoms with van der Waals surface area (Å²) in [6.45, 7) is 17.7. The third-order valence-electron chi connectivity index (χ3n) is 6.60. The molecule has 5 rings (SSSR count). The summed E-state index contributed by atoms with van der Waals surface area (Å²) >= 11 is 1.52. The second-order valence-electron chi connectivity index (χ2n) is 9.11. The number of aromatic nitrogens is 2. The van der Waals surface area contributed by atoms with Crippen molar-refractivity contribution < 1.29 is 0 Å². The van der Waals surface area contributed by atoms with E-state index < -0.39 is 0 Å². The van der Waals surface area contributed by atoms with Gasteiger partial charge < -0.3 is 4.90 Å². The molecule has 5 aromatic rings. The Hall–Kier alpha value is -4.15. The van der Waals surface area contributed by atoms with Gasteiger partial charge in [-0.2, -0.15) is 0 Å². The third-order valence-corrected chi connectivity index (χ3v) is 7.48. The maximum absolute atomic E-state index is 5.16. The van der Waals surface area contributed by atoms with Gasteiger partial charge in [-0.05, 0) is 41.6 Å². The molecule has 0 atom stereocenters. The van der Waals surface area contributed by atoms with Gasteiger partial charge in [0, 0.05) is 38.4 Å². The van der Waals surface area contributed by atoms with Crippen molar-refractivity contribution in [3.63, 3.8) is 0 Å². The first-order valence-electron chi connectivity index (χ1n) is 12.9. The van der Waals surface area contributed by atoms with E-state index in [2.05, 4.69) is 119 Å². The van der Waals surface area contributed by atoms with Crippen LogP contribution in [0.3, 0.4) is 0 Å². The fraction of sp³-hybridized carbons (Fsp3) is 0.118. The number of nitrogens with zero attached hydrogens (tertiary/aromatic N) is 3. The van der Waals surface area contributed by atoms with E-state index in [1.54, 1.807) is 0 Å². The Morgan fingerprint density at radius 1 is 0.816 bits per heavy atom. The summed E-state index contributed by atoms with van der Waals surface area (Å²) in [7, 11) is 0. The van der Waals surface area contributed by atoms with Gasteiger partial charge in [0.05, 0.1) is 11.2 Å². The van der Waals surface area contributed by atoms with Crippen LogP contribution in [0.1, 0.15) is 20.3 Å². The summed E-state index contributed by atoms with van der Waals surface area (Å²) in [6, 6.07) is 27.6. The summed E-state index contributed by atoms with van der Waals surface area (Å²) in [4.78, 5) is 14.1. The normalized spacial score (nSPS) is 11.4. The van der Waals surface area contributed by atoms with Gasteiger partial charge in [0.15, 0.2) is 0 Å². The minimum absolute atomic E-state index is 0.612. The first kappa shape index (κ1) is 25.5. The van der Waals surface area contributed by atoms with E-state index in [0.717, 1.165) is 54.9 Å². The number of thioether (sulfide) groups is 1. The zero-order valence-electron chi connectivity index (χ0n) is 21.9. The molecule has 4 aromatic carbocycles. The largest absolute Gasteiger partial charge is 0.310 e. The van der Waals surface area contributed by atoms with Gasteiger partial charge in [0.2, 0.25) is 5.95 Å². The van der Waals surface area contributed by atoms with E-state index in [1.807, 2.05) is 11.0 Å². The number of hydrogen-bond donors (Lipinski definition) is 0. The topological polar surface area (TPSA) is 29.0 Å². The van der Waals surface area contributed by atoms with Gasteiger partial charge in [0.25, 0.3) is 0 Å². The zero-order valence-corrected chi connectivity index (χ0v) is 22.8. The number of fused-ring (bicyclic) bond motifs is 4. The molecule has 188 valence electrons. The van der Waals surface area contributed by atoms with Crippen LogP contribution in [0.25, 0.3) is 43.7 Å². The maximum Gasteiger partial charge on any atom is 0.231 e. The van der Waals surface area contributed by atoms with Crippen LogP contribution >= 0.6 is 11.8 Å². The van der Waals surface area contributed by atoms with Crippen LogP contribution in [0, 0.1) is 0 Å². The van der Waals surface area contributed by atoms with Gasteiger partial charge in [-0.15, -0.1) is 0 Å². The molecular formula is C34H31N3S. The molecule has 0 fully saturated rings.